The Bertz CT molecular complexity index is 726. The number of carbonyl (C=O) groups excluding carboxylic acids is 1. The molecule has 3 rings (SSSR count). The molecule has 0 unspecified atom stereocenters. The first-order valence-corrected chi connectivity index (χ1v) is 9.38. The summed E-state index contributed by atoms with van der Waals surface area (Å²) in [5.74, 6) is 1.38. The Morgan fingerprint density at radius 3 is 3.00 bits per heavy atom. The molecule has 1 heterocycles. The summed E-state index contributed by atoms with van der Waals surface area (Å²) in [5.41, 5.74) is 2.63. The summed E-state index contributed by atoms with van der Waals surface area (Å²) < 4.78 is 16.9. The van der Waals surface area contributed by atoms with Crippen LogP contribution in [0.15, 0.2) is 41.0 Å². The Hall–Kier alpha value is -2.08. The third-order valence-corrected chi connectivity index (χ3v) is 4.70. The largest absolute Gasteiger partial charge is 0.469 e. The third-order valence-electron chi connectivity index (χ3n) is 3.98. The first-order valence-electron chi connectivity index (χ1n) is 7.65. The van der Waals surface area contributed by atoms with E-state index in [2.05, 4.69) is 10.6 Å². The maximum atomic E-state index is 12.3. The van der Waals surface area contributed by atoms with Crippen molar-refractivity contribution in [2.24, 2.45) is 0 Å². The van der Waals surface area contributed by atoms with Crippen LogP contribution in [0.5, 0.6) is 0 Å². The molecular weight excluding hydrogens is 312 g/mol. The van der Waals surface area contributed by atoms with Gasteiger partial charge in [-0.15, -0.1) is 0 Å². The highest BCUT2D eigenvalue weighted by Crippen LogP contribution is 2.30. The number of hydrogen-bond acceptors (Lipinski definition) is 3. The van der Waals surface area contributed by atoms with E-state index in [0.717, 1.165) is 36.1 Å². The molecule has 0 spiro atoms. The minimum absolute atomic E-state index is 0.0232. The van der Waals surface area contributed by atoms with Crippen molar-refractivity contribution < 1.29 is 13.4 Å². The summed E-state index contributed by atoms with van der Waals surface area (Å²) in [6.45, 7) is 0. The number of rotatable bonds is 4. The van der Waals surface area contributed by atoms with Crippen LogP contribution in [0.3, 0.4) is 0 Å². The Labute approximate surface area is 137 Å². The van der Waals surface area contributed by atoms with Gasteiger partial charge in [-0.3, -0.25) is 4.21 Å². The van der Waals surface area contributed by atoms with Gasteiger partial charge in [-0.05, 0) is 30.5 Å². The van der Waals surface area contributed by atoms with Gasteiger partial charge in [0.15, 0.2) is 0 Å². The van der Waals surface area contributed by atoms with Crippen molar-refractivity contribution in [2.75, 3.05) is 11.6 Å². The fourth-order valence-electron chi connectivity index (χ4n) is 2.94. The van der Waals surface area contributed by atoms with E-state index in [1.54, 1.807) is 12.5 Å². The molecule has 2 atom stereocenters. The molecule has 1 aliphatic rings. The number of aryl methyl sites for hydroxylation is 1. The Morgan fingerprint density at radius 1 is 1.35 bits per heavy atom. The molecule has 1 aromatic carbocycles. The van der Waals surface area contributed by atoms with E-state index >= 15 is 0 Å². The summed E-state index contributed by atoms with van der Waals surface area (Å²) in [7, 11) is -0.956. The second-order valence-electron chi connectivity index (χ2n) is 5.72. The zero-order valence-electron chi connectivity index (χ0n) is 13.0. The molecular formula is C17H20N2O3S. The second-order valence-corrected chi connectivity index (χ2v) is 7.15. The summed E-state index contributed by atoms with van der Waals surface area (Å²) >= 11 is 0. The Morgan fingerprint density at radius 2 is 2.17 bits per heavy atom. The normalized spacial score (nSPS) is 18.0. The lowest BCUT2D eigenvalue weighted by atomic mass is 9.93. The van der Waals surface area contributed by atoms with Crippen molar-refractivity contribution in [2.45, 2.75) is 31.1 Å². The molecule has 23 heavy (non-hydrogen) atoms. The number of hydrogen-bond donors (Lipinski definition) is 2. The average molecular weight is 332 g/mol. The first kappa shape index (κ1) is 15.8. The molecule has 0 aliphatic heterocycles. The highest BCUT2D eigenvalue weighted by molar-refractivity contribution is 7.83. The molecule has 2 amide bonds. The van der Waals surface area contributed by atoms with E-state index in [1.807, 2.05) is 30.3 Å². The Balaban J connectivity index is 1.68. The molecule has 0 bridgehead atoms. The fourth-order valence-corrected chi connectivity index (χ4v) is 3.63. The maximum Gasteiger partial charge on any atom is 0.319 e. The van der Waals surface area contributed by atoms with Crippen LogP contribution in [0.4, 0.5) is 10.5 Å². The number of benzene rings is 1. The van der Waals surface area contributed by atoms with Gasteiger partial charge < -0.3 is 15.1 Å². The summed E-state index contributed by atoms with van der Waals surface area (Å²) in [4.78, 5) is 12.3. The number of amides is 2. The van der Waals surface area contributed by atoms with Crippen LogP contribution in [-0.2, 0) is 23.0 Å². The van der Waals surface area contributed by atoms with E-state index < -0.39 is 10.8 Å². The standard InChI is InChI=1S/C17H20N2O3S/c1-23(21)11-12-5-2-3-6-14(12)18-17(20)19-15-7-4-8-16-13(15)9-10-22-16/h2-3,5-6,9-10,15H,4,7-8,11H2,1H3,(H2,18,19,20)/t15-,23-/m0/s1. The number of para-hydroxylation sites is 1. The monoisotopic (exact) mass is 332 g/mol. The predicted octanol–water partition coefficient (Wildman–Crippen LogP) is 3.36. The fraction of sp³-hybridized carbons (Fsp3) is 0.353. The van der Waals surface area contributed by atoms with Crippen molar-refractivity contribution in [1.82, 2.24) is 5.32 Å². The van der Waals surface area contributed by atoms with Crippen LogP contribution in [0.1, 0.15) is 35.8 Å². The van der Waals surface area contributed by atoms with E-state index in [9.17, 15) is 9.00 Å². The molecule has 0 radical (unpaired) electrons. The van der Waals surface area contributed by atoms with Gasteiger partial charge in [-0.1, -0.05) is 18.2 Å². The highest BCUT2D eigenvalue weighted by atomic mass is 32.2. The van der Waals surface area contributed by atoms with Gasteiger partial charge in [-0.2, -0.15) is 0 Å². The van der Waals surface area contributed by atoms with E-state index in [-0.39, 0.29) is 12.1 Å². The predicted molar refractivity (Wildman–Crippen MR) is 90.8 cm³/mol. The molecule has 5 nitrogen and oxygen atoms in total. The van der Waals surface area contributed by atoms with Crippen LogP contribution in [0.25, 0.3) is 0 Å². The van der Waals surface area contributed by atoms with Gasteiger partial charge >= 0.3 is 6.03 Å². The van der Waals surface area contributed by atoms with Crippen LogP contribution in [0.2, 0.25) is 0 Å². The van der Waals surface area contributed by atoms with Crippen molar-refractivity contribution in [3.8, 4) is 0 Å². The second kappa shape index (κ2) is 7.00. The summed E-state index contributed by atoms with van der Waals surface area (Å²) in [5, 5.41) is 5.88. The number of carbonyl (C=O) groups is 1. The number of anilines is 1. The van der Waals surface area contributed by atoms with Gasteiger partial charge in [0, 0.05) is 34.7 Å². The lowest BCUT2D eigenvalue weighted by molar-refractivity contribution is 0.246. The number of furan rings is 1. The summed E-state index contributed by atoms with van der Waals surface area (Å²) in [6.07, 6.45) is 6.15. The first-order chi connectivity index (χ1) is 11.1. The lowest BCUT2D eigenvalue weighted by Gasteiger charge is -2.23. The molecule has 0 saturated heterocycles. The van der Waals surface area contributed by atoms with Crippen LogP contribution >= 0.6 is 0 Å². The third kappa shape index (κ3) is 3.82. The minimum Gasteiger partial charge on any atom is -0.469 e. The number of urea groups is 1. The molecule has 2 aromatic rings. The molecule has 1 aliphatic carbocycles. The lowest BCUT2D eigenvalue weighted by Crippen LogP contribution is -2.34. The van der Waals surface area contributed by atoms with Gasteiger partial charge in [0.05, 0.1) is 18.1 Å². The number of fused-ring (bicyclic) bond motifs is 1. The molecule has 0 saturated carbocycles. The van der Waals surface area contributed by atoms with Crippen molar-refractivity contribution >= 4 is 22.5 Å². The minimum atomic E-state index is -0.956. The highest BCUT2D eigenvalue weighted by Gasteiger charge is 2.24. The summed E-state index contributed by atoms with van der Waals surface area (Å²) in [6, 6.07) is 9.09. The smallest absolute Gasteiger partial charge is 0.319 e. The van der Waals surface area contributed by atoms with Crippen molar-refractivity contribution in [1.29, 1.82) is 0 Å². The zero-order chi connectivity index (χ0) is 16.2. The van der Waals surface area contributed by atoms with E-state index in [4.69, 9.17) is 4.42 Å². The maximum absolute atomic E-state index is 12.3. The topological polar surface area (TPSA) is 71.3 Å². The van der Waals surface area contributed by atoms with Gasteiger partial charge in [0.1, 0.15) is 5.76 Å². The molecule has 122 valence electrons. The van der Waals surface area contributed by atoms with Gasteiger partial charge in [0.2, 0.25) is 0 Å². The number of nitrogens with one attached hydrogen (secondary N) is 2. The molecule has 2 N–H and O–H groups in total. The van der Waals surface area contributed by atoms with E-state index in [1.165, 1.54) is 0 Å². The zero-order valence-corrected chi connectivity index (χ0v) is 13.8. The molecule has 1 aromatic heterocycles. The van der Waals surface area contributed by atoms with Crippen molar-refractivity contribution in [3.63, 3.8) is 0 Å². The Kier molecular flexibility index (Phi) is 4.81. The van der Waals surface area contributed by atoms with Gasteiger partial charge in [-0.25, -0.2) is 4.79 Å². The van der Waals surface area contributed by atoms with E-state index in [0.29, 0.717) is 11.4 Å². The van der Waals surface area contributed by atoms with Crippen molar-refractivity contribution in [3.05, 3.63) is 53.5 Å². The quantitative estimate of drug-likeness (QED) is 0.902. The van der Waals surface area contributed by atoms with Crippen LogP contribution in [-0.4, -0.2) is 16.5 Å². The van der Waals surface area contributed by atoms with Gasteiger partial charge in [0.25, 0.3) is 0 Å². The van der Waals surface area contributed by atoms with Crippen LogP contribution in [0, 0.1) is 0 Å². The molecule has 6 heteroatoms. The average Bonchev–Trinajstić information content (AvgIpc) is 2.98. The van der Waals surface area contributed by atoms with Crippen LogP contribution < -0.4 is 10.6 Å². The molecule has 0 fully saturated rings. The SMILES string of the molecule is C[S@](=O)Cc1ccccc1NC(=O)N[C@H]1CCCc2occc21.